The Morgan fingerprint density at radius 3 is 2.04 bits per heavy atom. The maximum absolute atomic E-state index is 12.0. The number of amides is 1. The van der Waals surface area contributed by atoms with Gasteiger partial charge in [0, 0.05) is 16.9 Å². The molecule has 2 rings (SSSR count). The van der Waals surface area contributed by atoms with Crippen molar-refractivity contribution in [3.05, 3.63) is 64.1 Å². The summed E-state index contributed by atoms with van der Waals surface area (Å²) in [6, 6.07) is 16.0. The molecular weight excluding hydrogens is 382 g/mol. The van der Waals surface area contributed by atoms with E-state index < -0.39 is 11.7 Å². The largest absolute Gasteiger partial charge is 0.497 e. The first-order valence-electron chi connectivity index (χ1n) is 8.15. The molecule has 1 amide bonds. The van der Waals surface area contributed by atoms with Crippen LogP contribution in [0.5, 0.6) is 5.75 Å². The molecule has 2 aromatic rings. The van der Waals surface area contributed by atoms with Crippen LogP contribution in [0, 0.1) is 0 Å². The van der Waals surface area contributed by atoms with E-state index in [2.05, 4.69) is 33.4 Å². The number of alkyl carbamates (subject to hydrolysis) is 1. The van der Waals surface area contributed by atoms with Crippen LogP contribution in [0.15, 0.2) is 53.0 Å². The maximum Gasteiger partial charge on any atom is 0.407 e. The van der Waals surface area contributed by atoms with Crippen LogP contribution in [-0.2, 0) is 4.74 Å². The van der Waals surface area contributed by atoms with Crippen molar-refractivity contribution in [3.63, 3.8) is 0 Å². The Morgan fingerprint density at radius 2 is 1.56 bits per heavy atom. The monoisotopic (exact) mass is 405 g/mol. The van der Waals surface area contributed by atoms with Crippen molar-refractivity contribution in [1.29, 1.82) is 0 Å². The van der Waals surface area contributed by atoms with Crippen molar-refractivity contribution in [3.8, 4) is 5.75 Å². The van der Waals surface area contributed by atoms with Gasteiger partial charge in [0.1, 0.15) is 11.4 Å². The first-order valence-corrected chi connectivity index (χ1v) is 8.94. The van der Waals surface area contributed by atoms with Gasteiger partial charge in [0.2, 0.25) is 0 Å². The number of hydrogen-bond donors (Lipinski definition) is 1. The third-order valence-corrected chi connectivity index (χ3v) is 4.17. The molecule has 0 aromatic heterocycles. The fourth-order valence-corrected chi connectivity index (χ4v) is 2.72. The summed E-state index contributed by atoms with van der Waals surface area (Å²) in [4.78, 5) is 12.0. The lowest BCUT2D eigenvalue weighted by Gasteiger charge is -2.23. The lowest BCUT2D eigenvalue weighted by Crippen LogP contribution is -2.35. The average molecular weight is 406 g/mol. The molecule has 0 heterocycles. The van der Waals surface area contributed by atoms with E-state index in [1.165, 1.54) is 0 Å². The van der Waals surface area contributed by atoms with E-state index in [0.717, 1.165) is 21.3 Å². The second kappa shape index (κ2) is 8.39. The molecule has 0 bridgehead atoms. The average Bonchev–Trinajstić information content (AvgIpc) is 2.55. The van der Waals surface area contributed by atoms with Crippen LogP contribution >= 0.6 is 15.9 Å². The van der Waals surface area contributed by atoms with Crippen LogP contribution < -0.4 is 10.1 Å². The molecule has 0 saturated heterocycles. The highest BCUT2D eigenvalue weighted by Crippen LogP contribution is 2.27. The number of carbonyl (C=O) groups is 1. The van der Waals surface area contributed by atoms with Crippen LogP contribution in [0.3, 0.4) is 0 Å². The molecular formula is C20H24BrNO3. The number of ether oxygens (including phenoxy) is 2. The summed E-state index contributed by atoms with van der Waals surface area (Å²) in [7, 11) is 1.64. The van der Waals surface area contributed by atoms with Gasteiger partial charge in [-0.1, -0.05) is 40.2 Å². The third-order valence-electron chi connectivity index (χ3n) is 3.64. The van der Waals surface area contributed by atoms with E-state index in [1.54, 1.807) is 7.11 Å². The van der Waals surface area contributed by atoms with Crippen LogP contribution in [0.4, 0.5) is 4.79 Å². The molecule has 0 fully saturated rings. The Bertz CT molecular complexity index is 690. The molecule has 2 aromatic carbocycles. The number of hydrogen-bond acceptors (Lipinski definition) is 3. The number of carbonyl (C=O) groups excluding carboxylic acids is 1. The summed E-state index contributed by atoms with van der Waals surface area (Å²) in [5.74, 6) is 0.824. The quantitative estimate of drug-likeness (QED) is 0.750. The van der Waals surface area contributed by atoms with Gasteiger partial charge in [-0.15, -0.1) is 0 Å². The molecule has 0 saturated carbocycles. The van der Waals surface area contributed by atoms with Crippen molar-refractivity contribution in [2.75, 3.05) is 13.7 Å². The predicted octanol–water partition coefficient (Wildman–Crippen LogP) is 5.11. The summed E-state index contributed by atoms with van der Waals surface area (Å²) in [6.07, 6.45) is -0.414. The van der Waals surface area contributed by atoms with Gasteiger partial charge in [-0.05, 0) is 56.2 Å². The second-order valence-electron chi connectivity index (χ2n) is 6.76. The Hall–Kier alpha value is -2.01. The molecule has 0 aliphatic heterocycles. The highest BCUT2D eigenvalue weighted by molar-refractivity contribution is 9.10. The topological polar surface area (TPSA) is 47.6 Å². The van der Waals surface area contributed by atoms with E-state index in [9.17, 15) is 4.79 Å². The van der Waals surface area contributed by atoms with E-state index in [0.29, 0.717) is 6.54 Å². The number of benzene rings is 2. The van der Waals surface area contributed by atoms with Gasteiger partial charge in [0.25, 0.3) is 0 Å². The fraction of sp³-hybridized carbons (Fsp3) is 0.350. The van der Waals surface area contributed by atoms with Gasteiger partial charge in [-0.3, -0.25) is 0 Å². The Kier molecular flexibility index (Phi) is 6.48. The Labute approximate surface area is 157 Å². The molecule has 0 aliphatic rings. The van der Waals surface area contributed by atoms with Gasteiger partial charge in [-0.2, -0.15) is 0 Å². The molecule has 134 valence electrons. The van der Waals surface area contributed by atoms with Gasteiger partial charge in [0.15, 0.2) is 0 Å². The van der Waals surface area contributed by atoms with Crippen LogP contribution in [-0.4, -0.2) is 25.3 Å². The minimum absolute atomic E-state index is 0.0199. The molecule has 5 heteroatoms. The van der Waals surface area contributed by atoms with Gasteiger partial charge >= 0.3 is 6.09 Å². The first kappa shape index (κ1) is 19.3. The first-order chi connectivity index (χ1) is 11.8. The molecule has 1 atom stereocenters. The van der Waals surface area contributed by atoms with Crippen LogP contribution in [0.2, 0.25) is 0 Å². The summed E-state index contributed by atoms with van der Waals surface area (Å²) in [5.41, 5.74) is 1.70. The summed E-state index contributed by atoms with van der Waals surface area (Å²) in [6.45, 7) is 6.00. The zero-order chi connectivity index (χ0) is 18.4. The van der Waals surface area contributed by atoms with E-state index >= 15 is 0 Å². The predicted molar refractivity (Wildman–Crippen MR) is 103 cm³/mol. The summed E-state index contributed by atoms with van der Waals surface area (Å²) < 4.78 is 11.6. The molecule has 0 radical (unpaired) electrons. The molecule has 4 nitrogen and oxygen atoms in total. The number of methoxy groups -OCH3 is 1. The van der Waals surface area contributed by atoms with Crippen molar-refractivity contribution in [1.82, 2.24) is 5.32 Å². The zero-order valence-corrected chi connectivity index (χ0v) is 16.6. The lowest BCUT2D eigenvalue weighted by molar-refractivity contribution is 0.0526. The minimum atomic E-state index is -0.517. The third kappa shape index (κ3) is 6.09. The number of halogens is 1. The Morgan fingerprint density at radius 1 is 1.04 bits per heavy atom. The van der Waals surface area contributed by atoms with E-state index in [4.69, 9.17) is 9.47 Å². The summed E-state index contributed by atoms with van der Waals surface area (Å²) >= 11 is 3.46. The molecule has 0 spiro atoms. The van der Waals surface area contributed by atoms with Crippen LogP contribution in [0.25, 0.3) is 0 Å². The molecule has 0 aliphatic carbocycles. The highest BCUT2D eigenvalue weighted by Gasteiger charge is 2.19. The second-order valence-corrected chi connectivity index (χ2v) is 7.68. The van der Waals surface area contributed by atoms with Gasteiger partial charge < -0.3 is 14.8 Å². The number of rotatable bonds is 5. The van der Waals surface area contributed by atoms with Crippen LogP contribution in [0.1, 0.15) is 37.8 Å². The maximum atomic E-state index is 12.0. The normalized spacial score (nSPS) is 12.4. The zero-order valence-electron chi connectivity index (χ0n) is 15.0. The van der Waals surface area contributed by atoms with E-state index in [1.807, 2.05) is 57.2 Å². The standard InChI is InChI=1S/C20H24BrNO3/c1-20(2,3)25-19(23)22-13-18(14-5-9-16(21)10-6-14)15-7-11-17(24-4)12-8-15/h5-12,18H,13H2,1-4H3,(H,22,23). The summed E-state index contributed by atoms with van der Waals surface area (Å²) in [5, 5.41) is 2.88. The molecule has 25 heavy (non-hydrogen) atoms. The van der Waals surface area contributed by atoms with Crippen molar-refractivity contribution in [2.24, 2.45) is 0 Å². The number of nitrogens with one attached hydrogen (secondary N) is 1. The lowest BCUT2D eigenvalue weighted by atomic mass is 9.91. The Balaban J connectivity index is 2.19. The smallest absolute Gasteiger partial charge is 0.407 e. The van der Waals surface area contributed by atoms with Gasteiger partial charge in [0.05, 0.1) is 7.11 Å². The van der Waals surface area contributed by atoms with Gasteiger partial charge in [-0.25, -0.2) is 4.79 Å². The van der Waals surface area contributed by atoms with Crippen molar-refractivity contribution < 1.29 is 14.3 Å². The fourth-order valence-electron chi connectivity index (χ4n) is 2.46. The molecule has 1 unspecified atom stereocenters. The van der Waals surface area contributed by atoms with Crippen molar-refractivity contribution >= 4 is 22.0 Å². The SMILES string of the molecule is COc1ccc(C(CNC(=O)OC(C)(C)C)c2ccc(Br)cc2)cc1. The van der Waals surface area contributed by atoms with E-state index in [-0.39, 0.29) is 5.92 Å². The minimum Gasteiger partial charge on any atom is -0.497 e. The van der Waals surface area contributed by atoms with Crippen molar-refractivity contribution in [2.45, 2.75) is 32.3 Å². The highest BCUT2D eigenvalue weighted by atomic mass is 79.9. The molecule has 1 N–H and O–H groups in total.